The first-order valence-corrected chi connectivity index (χ1v) is 16.2. The van der Waals surface area contributed by atoms with Crippen molar-refractivity contribution < 1.29 is 19.0 Å². The highest BCUT2D eigenvalue weighted by atomic mass is 35.5. The number of amides is 1. The molecule has 0 spiro atoms. The van der Waals surface area contributed by atoms with Crippen LogP contribution >= 0.6 is 11.6 Å². The first-order chi connectivity index (χ1) is 22.3. The summed E-state index contributed by atoms with van der Waals surface area (Å²) in [5, 5.41) is 1.17. The number of morpholine rings is 1. The van der Waals surface area contributed by atoms with Crippen molar-refractivity contribution in [2.24, 2.45) is 0 Å². The predicted molar refractivity (Wildman–Crippen MR) is 178 cm³/mol. The third-order valence-corrected chi connectivity index (χ3v) is 8.50. The van der Waals surface area contributed by atoms with E-state index in [0.717, 1.165) is 25.2 Å². The molecule has 2 saturated heterocycles. The van der Waals surface area contributed by atoms with E-state index < -0.39 is 0 Å². The molecule has 11 heteroatoms. The maximum absolute atomic E-state index is 14.2. The second kappa shape index (κ2) is 14.6. The van der Waals surface area contributed by atoms with E-state index in [-0.39, 0.29) is 24.2 Å². The SMILES string of the molecule is CC(C)Oc1ccc(CN2CCOCC2)cc1-n1c(CN2CCN(C(=O)COc3ccc(Cl)cc3)CC2)nc2ccccc2c1=O. The highest BCUT2D eigenvalue weighted by Gasteiger charge is 2.25. The number of hydrogen-bond donors (Lipinski definition) is 0. The van der Waals surface area contributed by atoms with Crippen LogP contribution in [0.25, 0.3) is 16.6 Å². The molecule has 4 aromatic rings. The minimum Gasteiger partial charge on any atom is -0.489 e. The number of benzene rings is 3. The molecule has 0 atom stereocenters. The molecule has 3 heterocycles. The number of nitrogens with zero attached hydrogens (tertiary/aromatic N) is 5. The van der Waals surface area contributed by atoms with Crippen molar-refractivity contribution in [3.63, 3.8) is 0 Å². The van der Waals surface area contributed by atoms with Crippen molar-refractivity contribution in [2.75, 3.05) is 59.1 Å². The maximum Gasteiger partial charge on any atom is 0.266 e. The second-order valence-corrected chi connectivity index (χ2v) is 12.4. The summed E-state index contributed by atoms with van der Waals surface area (Å²) >= 11 is 5.95. The average Bonchev–Trinajstić information content (AvgIpc) is 3.06. The smallest absolute Gasteiger partial charge is 0.266 e. The summed E-state index contributed by atoms with van der Waals surface area (Å²) in [6, 6.07) is 20.5. The van der Waals surface area contributed by atoms with E-state index in [1.807, 2.05) is 49.1 Å². The van der Waals surface area contributed by atoms with Crippen molar-refractivity contribution in [2.45, 2.75) is 33.0 Å². The summed E-state index contributed by atoms with van der Waals surface area (Å²) in [6.45, 7) is 10.7. The second-order valence-electron chi connectivity index (χ2n) is 11.9. The Hall–Kier alpha value is -3.96. The van der Waals surface area contributed by atoms with Gasteiger partial charge in [0.15, 0.2) is 6.61 Å². The van der Waals surface area contributed by atoms with Crippen molar-refractivity contribution in [3.8, 4) is 17.2 Å². The number of rotatable bonds is 10. The van der Waals surface area contributed by atoms with Gasteiger partial charge in [0.2, 0.25) is 0 Å². The Bertz CT molecular complexity index is 1710. The standard InChI is InChI=1S/C35H40ClN5O5/c1-25(2)46-32-12-7-26(22-39-17-19-44-20-18-39)21-31(32)41-33(37-30-6-4-3-5-29(30)35(41)43)23-38-13-15-40(16-14-38)34(42)24-45-28-10-8-27(36)9-11-28/h3-12,21,25H,13-20,22-24H2,1-2H3. The van der Waals surface area contributed by atoms with E-state index in [2.05, 4.69) is 21.9 Å². The fourth-order valence-electron chi connectivity index (χ4n) is 5.86. The lowest BCUT2D eigenvalue weighted by molar-refractivity contribution is -0.135. The number of ether oxygens (including phenoxy) is 3. The van der Waals surface area contributed by atoms with Crippen LogP contribution in [0.3, 0.4) is 0 Å². The number of aromatic nitrogens is 2. The molecule has 0 bridgehead atoms. The molecule has 0 radical (unpaired) electrons. The first kappa shape index (κ1) is 32.0. The molecule has 6 rings (SSSR count). The minimum absolute atomic E-state index is 0.0349. The van der Waals surface area contributed by atoms with Crippen molar-refractivity contribution in [1.82, 2.24) is 24.3 Å². The van der Waals surface area contributed by atoms with Crippen LogP contribution < -0.4 is 15.0 Å². The van der Waals surface area contributed by atoms with Gasteiger partial charge in [-0.1, -0.05) is 29.8 Å². The van der Waals surface area contributed by atoms with Crippen LogP contribution in [-0.4, -0.2) is 95.4 Å². The number of hydrogen-bond acceptors (Lipinski definition) is 8. The lowest BCUT2D eigenvalue weighted by atomic mass is 10.1. The van der Waals surface area contributed by atoms with Gasteiger partial charge in [-0.05, 0) is 67.9 Å². The van der Waals surface area contributed by atoms with E-state index >= 15 is 0 Å². The van der Waals surface area contributed by atoms with Crippen LogP contribution in [-0.2, 0) is 22.6 Å². The van der Waals surface area contributed by atoms with Crippen molar-refractivity contribution in [1.29, 1.82) is 0 Å². The van der Waals surface area contributed by atoms with Gasteiger partial charge in [0, 0.05) is 50.8 Å². The van der Waals surface area contributed by atoms with Gasteiger partial charge in [-0.3, -0.25) is 24.0 Å². The van der Waals surface area contributed by atoms with E-state index in [1.54, 1.807) is 28.8 Å². The molecule has 2 aliphatic heterocycles. The number of fused-ring (bicyclic) bond motifs is 1. The fraction of sp³-hybridized carbons (Fsp3) is 0.400. The van der Waals surface area contributed by atoms with Gasteiger partial charge in [-0.25, -0.2) is 4.98 Å². The average molecular weight is 646 g/mol. The molecule has 1 amide bonds. The van der Waals surface area contributed by atoms with Gasteiger partial charge >= 0.3 is 0 Å². The predicted octanol–water partition coefficient (Wildman–Crippen LogP) is 4.38. The number of para-hydroxylation sites is 1. The molecule has 0 unspecified atom stereocenters. The highest BCUT2D eigenvalue weighted by Crippen LogP contribution is 2.28. The summed E-state index contributed by atoms with van der Waals surface area (Å²) in [6.07, 6.45) is -0.0781. The van der Waals surface area contributed by atoms with Gasteiger partial charge < -0.3 is 19.1 Å². The van der Waals surface area contributed by atoms with E-state index in [1.165, 1.54) is 0 Å². The number of halogens is 1. The molecule has 2 fully saturated rings. The molecule has 0 N–H and O–H groups in total. The van der Waals surface area contributed by atoms with E-state index in [4.69, 9.17) is 30.8 Å². The van der Waals surface area contributed by atoms with Crippen LogP contribution in [0.2, 0.25) is 5.02 Å². The Morgan fingerprint density at radius 3 is 2.37 bits per heavy atom. The van der Waals surface area contributed by atoms with Crippen LogP contribution in [0, 0.1) is 0 Å². The molecular formula is C35H40ClN5O5. The Kier molecular flexibility index (Phi) is 10.2. The van der Waals surface area contributed by atoms with Gasteiger partial charge in [0.25, 0.3) is 11.5 Å². The zero-order valence-electron chi connectivity index (χ0n) is 26.4. The Morgan fingerprint density at radius 1 is 0.913 bits per heavy atom. The zero-order chi connectivity index (χ0) is 32.0. The highest BCUT2D eigenvalue weighted by molar-refractivity contribution is 6.30. The quantitative estimate of drug-likeness (QED) is 0.251. The van der Waals surface area contributed by atoms with Gasteiger partial charge in [0.05, 0.1) is 42.5 Å². The van der Waals surface area contributed by atoms with Gasteiger partial charge in [-0.2, -0.15) is 0 Å². The topological polar surface area (TPSA) is 89.4 Å². The molecule has 1 aromatic heterocycles. The van der Waals surface area contributed by atoms with Crippen LogP contribution in [0.1, 0.15) is 25.2 Å². The number of carbonyl (C=O) groups is 1. The third-order valence-electron chi connectivity index (χ3n) is 8.25. The first-order valence-electron chi connectivity index (χ1n) is 15.8. The fourth-order valence-corrected chi connectivity index (χ4v) is 5.99. The van der Waals surface area contributed by atoms with Crippen LogP contribution in [0.15, 0.2) is 71.5 Å². The summed E-state index contributed by atoms with van der Waals surface area (Å²) in [5.74, 6) is 1.80. The van der Waals surface area contributed by atoms with Gasteiger partial charge in [0.1, 0.15) is 17.3 Å². The summed E-state index contributed by atoms with van der Waals surface area (Å²) < 4.78 is 19.2. The maximum atomic E-state index is 14.2. The number of piperazine rings is 1. The third kappa shape index (κ3) is 7.70. The largest absolute Gasteiger partial charge is 0.489 e. The summed E-state index contributed by atoms with van der Waals surface area (Å²) in [5.41, 5.74) is 2.30. The van der Waals surface area contributed by atoms with Crippen molar-refractivity contribution in [3.05, 3.63) is 93.5 Å². The lowest BCUT2D eigenvalue weighted by Gasteiger charge is -2.34. The lowest BCUT2D eigenvalue weighted by Crippen LogP contribution is -2.50. The minimum atomic E-state index is -0.133. The molecular weight excluding hydrogens is 606 g/mol. The van der Waals surface area contributed by atoms with E-state index in [9.17, 15) is 9.59 Å². The summed E-state index contributed by atoms with van der Waals surface area (Å²) in [4.78, 5) is 38.6. The molecule has 0 aliphatic carbocycles. The zero-order valence-corrected chi connectivity index (χ0v) is 27.1. The Morgan fingerprint density at radius 2 is 1.63 bits per heavy atom. The Labute approximate surface area is 274 Å². The molecule has 3 aromatic carbocycles. The summed E-state index contributed by atoms with van der Waals surface area (Å²) in [7, 11) is 0. The number of carbonyl (C=O) groups excluding carboxylic acids is 1. The normalized spacial score (nSPS) is 16.2. The Balaban J connectivity index is 1.25. The monoisotopic (exact) mass is 645 g/mol. The van der Waals surface area contributed by atoms with Crippen molar-refractivity contribution >= 4 is 28.4 Å². The van der Waals surface area contributed by atoms with Crippen LogP contribution in [0.5, 0.6) is 11.5 Å². The molecule has 242 valence electrons. The molecule has 2 aliphatic rings. The molecule has 0 saturated carbocycles. The molecule has 46 heavy (non-hydrogen) atoms. The van der Waals surface area contributed by atoms with Gasteiger partial charge in [-0.15, -0.1) is 0 Å². The van der Waals surface area contributed by atoms with E-state index in [0.29, 0.717) is 84.9 Å². The molecule has 10 nitrogen and oxygen atoms in total. The van der Waals surface area contributed by atoms with Crippen LogP contribution in [0.4, 0.5) is 0 Å².